The third-order valence-corrected chi connectivity index (χ3v) is 13.4. The van der Waals surface area contributed by atoms with Crippen LogP contribution in [0.1, 0.15) is 16.7 Å². The Bertz CT molecular complexity index is 2110. The largest absolute Gasteiger partial charge is 0.309 e. The fraction of sp³-hybridized carbons (Fsp3) is 0.0667. The van der Waals surface area contributed by atoms with Crippen LogP contribution in [-0.4, -0.2) is 0 Å². The lowest BCUT2D eigenvalue weighted by atomic mass is 10.1. The van der Waals surface area contributed by atoms with Gasteiger partial charge in [-0.1, -0.05) is 84.4 Å². The number of hydrogen-bond donors (Lipinski definition) is 0. The van der Waals surface area contributed by atoms with Crippen molar-refractivity contribution in [2.75, 3.05) is 9.80 Å². The Morgan fingerprint density at radius 2 is 0.714 bits per heavy atom. The Hall–Kier alpha value is -5.22. The van der Waals surface area contributed by atoms with Crippen molar-refractivity contribution in [1.29, 1.82) is 0 Å². The zero-order valence-corrected chi connectivity index (χ0v) is 29.4. The number of benzene rings is 7. The highest BCUT2D eigenvalue weighted by Crippen LogP contribution is 2.74. The first-order valence-electron chi connectivity index (χ1n) is 16.6. The molecule has 1 aliphatic rings. The van der Waals surface area contributed by atoms with Crippen molar-refractivity contribution in [2.45, 2.75) is 40.4 Å². The molecule has 0 aliphatic carbocycles. The van der Waals surface area contributed by atoms with E-state index in [0.717, 1.165) is 39.7 Å². The first-order chi connectivity index (χ1) is 23.9. The molecule has 0 saturated carbocycles. The zero-order valence-electron chi connectivity index (χ0n) is 27.8. The molecule has 240 valence electrons. The lowest BCUT2D eigenvalue weighted by Gasteiger charge is -2.44. The SMILES string of the molecule is Cc1cc2cc(c1)S(c1ccccc1)(c1ccccc1)c1cc(C)cc(c1)N(c1ccccc1)c1cc(C)cc(c1Cl)N2c1ccccc1. The molecule has 0 fully saturated rings. The van der Waals surface area contributed by atoms with E-state index in [9.17, 15) is 0 Å². The number of rotatable bonds is 4. The second kappa shape index (κ2) is 12.7. The number of para-hydroxylation sites is 2. The Morgan fingerprint density at radius 3 is 1.10 bits per heavy atom. The minimum Gasteiger partial charge on any atom is -0.309 e. The van der Waals surface area contributed by atoms with Gasteiger partial charge in [-0.2, -0.15) is 0 Å². The highest BCUT2D eigenvalue weighted by atomic mass is 35.5. The van der Waals surface area contributed by atoms with Crippen LogP contribution in [0, 0.1) is 20.8 Å². The zero-order chi connectivity index (χ0) is 33.5. The summed E-state index contributed by atoms with van der Waals surface area (Å²) >= 11 is 7.67. The molecule has 8 rings (SSSR count). The van der Waals surface area contributed by atoms with Crippen molar-refractivity contribution in [2.24, 2.45) is 0 Å². The summed E-state index contributed by atoms with van der Waals surface area (Å²) in [6.07, 6.45) is 0. The predicted molar refractivity (Wildman–Crippen MR) is 209 cm³/mol. The molecule has 0 N–H and O–H groups in total. The fourth-order valence-corrected chi connectivity index (χ4v) is 11.6. The number of aryl methyl sites for hydroxylation is 3. The van der Waals surface area contributed by atoms with Crippen LogP contribution in [0.2, 0.25) is 5.02 Å². The van der Waals surface area contributed by atoms with E-state index in [1.807, 2.05) is 0 Å². The first-order valence-corrected chi connectivity index (χ1v) is 18.6. The number of nitrogens with zero attached hydrogens (tertiary/aromatic N) is 2. The summed E-state index contributed by atoms with van der Waals surface area (Å²) in [5.74, 6) is 0. The Morgan fingerprint density at radius 1 is 0.367 bits per heavy atom. The second-order valence-electron chi connectivity index (χ2n) is 12.7. The molecule has 0 amide bonds. The topological polar surface area (TPSA) is 6.48 Å². The van der Waals surface area contributed by atoms with Gasteiger partial charge >= 0.3 is 0 Å². The molecule has 49 heavy (non-hydrogen) atoms. The van der Waals surface area contributed by atoms with Gasteiger partial charge in [-0.05, 0) is 135 Å². The van der Waals surface area contributed by atoms with Gasteiger partial charge in [0.15, 0.2) is 0 Å². The van der Waals surface area contributed by atoms with Crippen molar-refractivity contribution in [1.82, 2.24) is 0 Å². The first kappa shape index (κ1) is 31.1. The molecule has 2 nitrogen and oxygen atoms in total. The summed E-state index contributed by atoms with van der Waals surface area (Å²) in [4.78, 5) is 9.79. The highest BCUT2D eigenvalue weighted by Gasteiger charge is 2.36. The van der Waals surface area contributed by atoms with Gasteiger partial charge in [0.2, 0.25) is 0 Å². The number of anilines is 6. The van der Waals surface area contributed by atoms with Gasteiger partial charge in [0.05, 0.1) is 16.4 Å². The summed E-state index contributed by atoms with van der Waals surface area (Å²) in [5, 5.41) is 0.690. The highest BCUT2D eigenvalue weighted by molar-refractivity contribution is 8.34. The maximum absolute atomic E-state index is 7.67. The van der Waals surface area contributed by atoms with Gasteiger partial charge in [-0.3, -0.25) is 0 Å². The van der Waals surface area contributed by atoms with E-state index < -0.39 is 10.0 Å². The summed E-state index contributed by atoms with van der Waals surface area (Å²) < 4.78 is 0. The molecule has 0 saturated heterocycles. The van der Waals surface area contributed by atoms with Crippen molar-refractivity contribution in [3.63, 3.8) is 0 Å². The van der Waals surface area contributed by atoms with E-state index >= 15 is 0 Å². The number of fused-ring (bicyclic) bond motifs is 6. The van der Waals surface area contributed by atoms with Crippen molar-refractivity contribution >= 4 is 55.8 Å². The van der Waals surface area contributed by atoms with E-state index in [2.05, 4.69) is 200 Å². The summed E-state index contributed by atoms with van der Waals surface area (Å²) in [7, 11) is -2.00. The van der Waals surface area contributed by atoms with Crippen LogP contribution in [0.15, 0.2) is 189 Å². The molecule has 4 heteroatoms. The quantitative estimate of drug-likeness (QED) is 0.184. The van der Waals surface area contributed by atoms with Crippen LogP contribution in [0.4, 0.5) is 34.1 Å². The molecule has 0 unspecified atom stereocenters. The molecule has 1 aliphatic heterocycles. The van der Waals surface area contributed by atoms with Crippen molar-refractivity contribution < 1.29 is 0 Å². The molecule has 0 spiro atoms. The van der Waals surface area contributed by atoms with Crippen LogP contribution in [-0.2, 0) is 0 Å². The lowest BCUT2D eigenvalue weighted by Crippen LogP contribution is -2.17. The monoisotopic (exact) mass is 672 g/mol. The Kier molecular flexibility index (Phi) is 8.03. The van der Waals surface area contributed by atoms with Crippen LogP contribution in [0.5, 0.6) is 0 Å². The molecular formula is C45H37ClN2S. The van der Waals surface area contributed by atoms with Gasteiger partial charge in [0.1, 0.15) is 0 Å². The molecule has 0 aromatic heterocycles. The smallest absolute Gasteiger partial charge is 0.0887 e. The summed E-state index contributed by atoms with van der Waals surface area (Å²) in [6, 6.07) is 62.0. The maximum atomic E-state index is 7.67. The van der Waals surface area contributed by atoms with E-state index in [0.29, 0.717) is 5.02 Å². The van der Waals surface area contributed by atoms with Crippen LogP contribution in [0.25, 0.3) is 0 Å². The average Bonchev–Trinajstić information content (AvgIpc) is 3.12. The average molecular weight is 673 g/mol. The summed E-state index contributed by atoms with van der Waals surface area (Å²) in [6.45, 7) is 6.58. The number of hydrogen-bond acceptors (Lipinski definition) is 2. The van der Waals surface area contributed by atoms with Gasteiger partial charge < -0.3 is 9.80 Å². The summed E-state index contributed by atoms with van der Waals surface area (Å²) in [5.41, 5.74) is 9.64. The van der Waals surface area contributed by atoms with Crippen LogP contribution < -0.4 is 9.80 Å². The van der Waals surface area contributed by atoms with E-state index in [-0.39, 0.29) is 0 Å². The van der Waals surface area contributed by atoms with Crippen molar-refractivity contribution in [3.8, 4) is 0 Å². The normalized spacial score (nSPS) is 14.0. The molecule has 0 atom stereocenters. The maximum Gasteiger partial charge on any atom is 0.0887 e. The third kappa shape index (κ3) is 5.40. The predicted octanol–water partition coefficient (Wildman–Crippen LogP) is 13.9. The molecule has 7 aromatic carbocycles. The van der Waals surface area contributed by atoms with Gasteiger partial charge in [-0.15, -0.1) is 10.0 Å². The van der Waals surface area contributed by atoms with E-state index in [1.54, 1.807) is 0 Å². The lowest BCUT2D eigenvalue weighted by molar-refractivity contribution is 1.17. The molecule has 0 radical (unpaired) electrons. The van der Waals surface area contributed by atoms with Crippen LogP contribution in [0.3, 0.4) is 0 Å². The minimum absolute atomic E-state index is 0.690. The molecule has 1 heterocycles. The van der Waals surface area contributed by atoms with E-state index in [1.165, 1.54) is 30.7 Å². The molecular weight excluding hydrogens is 636 g/mol. The molecule has 7 aromatic rings. The fourth-order valence-electron chi connectivity index (χ4n) is 7.20. The minimum atomic E-state index is -2.00. The van der Waals surface area contributed by atoms with Gasteiger partial charge in [0, 0.05) is 42.3 Å². The number of halogens is 1. The Labute approximate surface area is 296 Å². The van der Waals surface area contributed by atoms with Crippen molar-refractivity contribution in [3.05, 3.63) is 192 Å². The van der Waals surface area contributed by atoms with E-state index in [4.69, 9.17) is 11.6 Å². The standard InChI is InChI=1S/C45H37ClN2S/c1-32-24-37-30-41(26-32)49(39-20-12-6-13-21-39,40-22-14-7-15-23-40)42-27-33(2)25-38(31-42)48(36-18-10-5-11-19-36)44-29-34(3)28-43(45(44)46)47(37)35-16-8-4-9-17-35/h4-31H,1-3H3. The third-order valence-electron chi connectivity index (χ3n) is 9.18. The van der Waals surface area contributed by atoms with Gasteiger partial charge in [0.25, 0.3) is 0 Å². The Balaban J connectivity index is 1.60. The van der Waals surface area contributed by atoms with Crippen LogP contribution >= 0.6 is 21.6 Å². The van der Waals surface area contributed by atoms with Gasteiger partial charge in [-0.25, -0.2) is 0 Å². The second-order valence-corrected chi connectivity index (χ2v) is 16.2. The molecule has 6 bridgehead atoms.